The lowest BCUT2D eigenvalue weighted by Crippen LogP contribution is -2.58. The zero-order valence-corrected chi connectivity index (χ0v) is 19.2. The Hall–Kier alpha value is -2.55. The average molecular weight is 448 g/mol. The molecule has 5 atom stereocenters. The van der Waals surface area contributed by atoms with Crippen molar-refractivity contribution in [2.45, 2.75) is 69.3 Å². The first-order chi connectivity index (χ1) is 14.5. The number of carboxylic acids is 1. The van der Waals surface area contributed by atoms with E-state index in [0.717, 1.165) is 5.56 Å². The van der Waals surface area contributed by atoms with Crippen molar-refractivity contribution < 1.29 is 24.3 Å². The molecule has 5 unspecified atom stereocenters. The van der Waals surface area contributed by atoms with E-state index in [1.807, 2.05) is 32.9 Å². The van der Waals surface area contributed by atoms with E-state index in [2.05, 4.69) is 10.6 Å². The maximum Gasteiger partial charge on any atom is 0.326 e. The molecule has 1 aromatic rings. The largest absolute Gasteiger partial charge is 0.480 e. The van der Waals surface area contributed by atoms with Gasteiger partial charge in [0.15, 0.2) is 0 Å². The van der Waals surface area contributed by atoms with Gasteiger partial charge in [-0.2, -0.15) is 0 Å². The van der Waals surface area contributed by atoms with E-state index in [-0.39, 0.29) is 17.2 Å². The monoisotopic (exact) mass is 447 g/mol. The summed E-state index contributed by atoms with van der Waals surface area (Å²) in [6, 6.07) is 4.59. The number of thioether (sulfide) groups is 1. The predicted molar refractivity (Wildman–Crippen MR) is 117 cm³/mol. The zero-order valence-electron chi connectivity index (χ0n) is 18.3. The quantitative estimate of drug-likeness (QED) is 0.590. The summed E-state index contributed by atoms with van der Waals surface area (Å²) < 4.78 is -0.561. The summed E-state index contributed by atoms with van der Waals surface area (Å²) in [5.74, 6) is -2.57. The number of fused-ring (bicyclic) bond motifs is 3. The molecule has 1 saturated heterocycles. The third kappa shape index (κ3) is 4.15. The Balaban J connectivity index is 1.74. The first-order valence-electron chi connectivity index (χ1n) is 10.4. The molecule has 0 radical (unpaired) electrons. The van der Waals surface area contributed by atoms with Crippen LogP contribution >= 0.6 is 11.8 Å². The molecular weight excluding hydrogens is 418 g/mol. The van der Waals surface area contributed by atoms with Gasteiger partial charge >= 0.3 is 5.97 Å². The average Bonchev–Trinajstić information content (AvgIpc) is 3.14. The first-order valence-corrected chi connectivity index (χ1v) is 11.3. The van der Waals surface area contributed by atoms with Gasteiger partial charge in [0.25, 0.3) is 5.91 Å². The number of nitrogens with one attached hydrogen (secondary N) is 2. The molecule has 0 bridgehead atoms. The van der Waals surface area contributed by atoms with Gasteiger partial charge in [0.05, 0.1) is 0 Å². The van der Waals surface area contributed by atoms with E-state index >= 15 is 0 Å². The maximum absolute atomic E-state index is 13.2. The lowest BCUT2D eigenvalue weighted by Gasteiger charge is -2.31. The third-order valence-corrected chi connectivity index (χ3v) is 7.61. The Kier molecular flexibility index (Phi) is 6.36. The van der Waals surface area contributed by atoms with Gasteiger partial charge < -0.3 is 20.6 Å². The van der Waals surface area contributed by atoms with Gasteiger partial charge in [-0.25, -0.2) is 4.79 Å². The molecule has 2 aliphatic rings. The fraction of sp³-hybridized carbons (Fsp3) is 0.545. The second kappa shape index (κ2) is 8.53. The molecule has 2 aliphatic heterocycles. The molecule has 2 heterocycles. The van der Waals surface area contributed by atoms with Crippen LogP contribution in [0, 0.1) is 5.92 Å². The minimum atomic E-state index is -1.11. The van der Waals surface area contributed by atoms with Gasteiger partial charge in [-0.15, -0.1) is 11.8 Å². The summed E-state index contributed by atoms with van der Waals surface area (Å²) in [4.78, 5) is 51.9. The Labute approximate surface area is 186 Å². The molecule has 3 rings (SSSR count). The Morgan fingerprint density at radius 3 is 2.45 bits per heavy atom. The predicted octanol–water partition coefficient (Wildman–Crippen LogP) is 2.16. The fourth-order valence-electron chi connectivity index (χ4n) is 4.12. The van der Waals surface area contributed by atoms with Crippen molar-refractivity contribution in [2.75, 3.05) is 0 Å². The number of carbonyl (C=O) groups is 4. The van der Waals surface area contributed by atoms with Crippen molar-refractivity contribution in [3.63, 3.8) is 0 Å². The van der Waals surface area contributed by atoms with Gasteiger partial charge in [-0.05, 0) is 38.3 Å². The van der Waals surface area contributed by atoms with Gasteiger partial charge in [-0.3, -0.25) is 14.4 Å². The van der Waals surface area contributed by atoms with Crippen molar-refractivity contribution in [2.24, 2.45) is 5.92 Å². The minimum absolute atomic E-state index is 0.196. The third-order valence-electron chi connectivity index (χ3n) is 6.07. The minimum Gasteiger partial charge on any atom is -0.480 e. The molecule has 0 spiro atoms. The molecule has 31 heavy (non-hydrogen) atoms. The normalized spacial score (nSPS) is 24.0. The topological polar surface area (TPSA) is 116 Å². The SMILES string of the molecule is CCC(C)C(NC(=O)C(C)NC(=O)C1N2C(=O)c3ccccc3C2SC1(C)C)C(=O)O. The van der Waals surface area contributed by atoms with Crippen molar-refractivity contribution in [3.05, 3.63) is 35.4 Å². The lowest BCUT2D eigenvalue weighted by molar-refractivity contribution is -0.143. The van der Waals surface area contributed by atoms with E-state index in [9.17, 15) is 24.3 Å². The molecule has 0 aromatic heterocycles. The highest BCUT2D eigenvalue weighted by Gasteiger charge is 2.57. The second-order valence-corrected chi connectivity index (χ2v) is 10.5. The van der Waals surface area contributed by atoms with Crippen LogP contribution in [0.15, 0.2) is 24.3 Å². The molecule has 9 heteroatoms. The van der Waals surface area contributed by atoms with Crippen LogP contribution in [0.2, 0.25) is 0 Å². The van der Waals surface area contributed by atoms with Crippen LogP contribution in [0.25, 0.3) is 0 Å². The zero-order chi connectivity index (χ0) is 23.1. The van der Waals surface area contributed by atoms with Crippen LogP contribution in [0.5, 0.6) is 0 Å². The van der Waals surface area contributed by atoms with Gasteiger partial charge in [0.2, 0.25) is 11.8 Å². The van der Waals surface area contributed by atoms with Crippen molar-refractivity contribution >= 4 is 35.5 Å². The van der Waals surface area contributed by atoms with Crippen molar-refractivity contribution in [1.82, 2.24) is 15.5 Å². The number of carboxylic acid groups (broad SMARTS) is 1. The molecule has 3 amide bonds. The van der Waals surface area contributed by atoms with Gasteiger partial charge in [0.1, 0.15) is 23.5 Å². The van der Waals surface area contributed by atoms with Crippen molar-refractivity contribution in [1.29, 1.82) is 0 Å². The summed E-state index contributed by atoms with van der Waals surface area (Å²) in [6.07, 6.45) is 0.588. The summed E-state index contributed by atoms with van der Waals surface area (Å²) >= 11 is 1.54. The molecule has 1 fully saturated rings. The first kappa shape index (κ1) is 23.1. The van der Waals surface area contributed by atoms with Crippen LogP contribution in [0.4, 0.5) is 0 Å². The molecule has 1 aromatic carbocycles. The Bertz CT molecular complexity index is 918. The number of hydrogen-bond acceptors (Lipinski definition) is 5. The molecule has 168 valence electrons. The highest BCUT2D eigenvalue weighted by Crippen LogP contribution is 2.56. The number of nitrogens with zero attached hydrogens (tertiary/aromatic N) is 1. The summed E-state index contributed by atoms with van der Waals surface area (Å²) in [5.41, 5.74) is 1.49. The number of amides is 3. The van der Waals surface area contributed by atoms with E-state index in [0.29, 0.717) is 12.0 Å². The highest BCUT2D eigenvalue weighted by atomic mass is 32.2. The van der Waals surface area contributed by atoms with Gasteiger partial charge in [0, 0.05) is 10.3 Å². The molecule has 8 nitrogen and oxygen atoms in total. The van der Waals surface area contributed by atoms with Gasteiger partial charge in [-0.1, -0.05) is 38.5 Å². The standard InChI is InChI=1S/C22H29N3O5S/c1-6-11(2)15(21(29)30)24-17(26)12(3)23-18(27)16-22(4,5)31-20-14-10-8-7-9-13(14)19(28)25(16)20/h7-12,15-16,20H,6H2,1-5H3,(H,23,27)(H,24,26)(H,29,30). The number of hydrogen-bond donors (Lipinski definition) is 3. The summed E-state index contributed by atoms with van der Waals surface area (Å²) in [5, 5.41) is 14.3. The second-order valence-electron chi connectivity index (χ2n) is 8.72. The maximum atomic E-state index is 13.2. The number of aliphatic carboxylic acids is 1. The molecule has 0 aliphatic carbocycles. The van der Waals surface area contributed by atoms with Crippen molar-refractivity contribution in [3.8, 4) is 0 Å². The summed E-state index contributed by atoms with van der Waals surface area (Å²) in [6.45, 7) is 8.92. The van der Waals surface area contributed by atoms with Crippen LogP contribution in [0.3, 0.4) is 0 Å². The molecule has 3 N–H and O–H groups in total. The van der Waals surface area contributed by atoms with E-state index in [4.69, 9.17) is 0 Å². The number of benzene rings is 1. The molecular formula is C22H29N3O5S. The van der Waals surface area contributed by atoms with Crippen LogP contribution in [-0.4, -0.2) is 56.6 Å². The highest BCUT2D eigenvalue weighted by molar-refractivity contribution is 8.01. The van der Waals surface area contributed by atoms with Crippen LogP contribution in [0.1, 0.15) is 62.3 Å². The van der Waals surface area contributed by atoms with E-state index < -0.39 is 40.7 Å². The van der Waals surface area contributed by atoms with Crippen LogP contribution in [-0.2, 0) is 14.4 Å². The Morgan fingerprint density at radius 1 is 1.19 bits per heavy atom. The van der Waals surface area contributed by atoms with Crippen LogP contribution < -0.4 is 10.6 Å². The number of carbonyl (C=O) groups excluding carboxylic acids is 3. The van der Waals surface area contributed by atoms with E-state index in [1.54, 1.807) is 35.7 Å². The smallest absolute Gasteiger partial charge is 0.326 e. The fourth-order valence-corrected chi connectivity index (χ4v) is 5.71. The molecule has 0 saturated carbocycles. The van der Waals surface area contributed by atoms with E-state index in [1.165, 1.54) is 6.92 Å². The Morgan fingerprint density at radius 2 is 1.84 bits per heavy atom. The number of rotatable bonds is 7. The lowest BCUT2D eigenvalue weighted by atomic mass is 9.98. The summed E-state index contributed by atoms with van der Waals surface area (Å²) in [7, 11) is 0.